The molecule has 0 radical (unpaired) electrons. The van der Waals surface area contributed by atoms with Crippen LogP contribution in [0.15, 0.2) is 36.7 Å². The lowest BCUT2D eigenvalue weighted by atomic mass is 10.3. The molecule has 0 atom stereocenters. The first-order valence-corrected chi connectivity index (χ1v) is 5.11. The van der Waals surface area contributed by atoms with Crippen molar-refractivity contribution in [3.8, 4) is 17.1 Å². The first kappa shape index (κ1) is 10.6. The van der Waals surface area contributed by atoms with E-state index in [2.05, 4.69) is 20.5 Å². The molecule has 1 N–H and O–H groups in total. The molecule has 0 bridgehead atoms. The highest BCUT2D eigenvalue weighted by Gasteiger charge is 2.08. The Morgan fingerprint density at radius 2 is 2.00 bits per heavy atom. The third kappa shape index (κ3) is 1.75. The van der Waals surface area contributed by atoms with Gasteiger partial charge in [-0.25, -0.2) is 13.5 Å². The summed E-state index contributed by atoms with van der Waals surface area (Å²) >= 11 is 0. The van der Waals surface area contributed by atoms with Crippen LogP contribution >= 0.6 is 0 Å². The molecule has 0 saturated carbocycles. The predicted molar refractivity (Wildman–Crippen MR) is 58.9 cm³/mol. The molecule has 0 aliphatic heterocycles. The summed E-state index contributed by atoms with van der Waals surface area (Å²) in [4.78, 5) is 0. The fourth-order valence-corrected chi connectivity index (χ4v) is 1.54. The Kier molecular flexibility index (Phi) is 2.36. The number of aromatic amines is 1. The van der Waals surface area contributed by atoms with Crippen LogP contribution in [-0.4, -0.2) is 25.2 Å². The van der Waals surface area contributed by atoms with E-state index in [-0.39, 0.29) is 0 Å². The maximum Gasteiger partial charge on any atom is 0.160 e. The van der Waals surface area contributed by atoms with E-state index in [0.717, 1.165) is 12.1 Å². The van der Waals surface area contributed by atoms with Gasteiger partial charge in [0, 0.05) is 12.3 Å². The largest absolute Gasteiger partial charge is 0.276 e. The van der Waals surface area contributed by atoms with E-state index in [9.17, 15) is 8.78 Å². The van der Waals surface area contributed by atoms with Crippen LogP contribution in [0.4, 0.5) is 8.78 Å². The van der Waals surface area contributed by atoms with Gasteiger partial charge in [0.15, 0.2) is 11.6 Å². The lowest BCUT2D eigenvalue weighted by molar-refractivity contribution is 0.507. The van der Waals surface area contributed by atoms with Crippen LogP contribution in [0.5, 0.6) is 0 Å². The molecule has 2 heterocycles. The lowest BCUT2D eigenvalue weighted by Crippen LogP contribution is -1.96. The standard InChI is InChI=1S/C11H7F2N5/c12-8-2-1-7(5-9(8)13)18-6-11(16-17-18)10-3-4-14-15-10/h1-6H,(H,14,15). The van der Waals surface area contributed by atoms with Gasteiger partial charge in [0.05, 0.1) is 17.6 Å². The molecule has 0 fully saturated rings. The fraction of sp³-hybridized carbons (Fsp3) is 0. The molecule has 7 heteroatoms. The normalized spacial score (nSPS) is 10.8. The van der Waals surface area contributed by atoms with Gasteiger partial charge in [-0.15, -0.1) is 5.10 Å². The van der Waals surface area contributed by atoms with Gasteiger partial charge in [-0.2, -0.15) is 5.10 Å². The van der Waals surface area contributed by atoms with Gasteiger partial charge in [-0.05, 0) is 18.2 Å². The first-order chi connectivity index (χ1) is 8.74. The third-order valence-electron chi connectivity index (χ3n) is 2.44. The van der Waals surface area contributed by atoms with E-state index >= 15 is 0 Å². The van der Waals surface area contributed by atoms with Gasteiger partial charge in [0.1, 0.15) is 5.69 Å². The van der Waals surface area contributed by atoms with E-state index in [4.69, 9.17) is 0 Å². The van der Waals surface area contributed by atoms with Crippen LogP contribution < -0.4 is 0 Å². The topological polar surface area (TPSA) is 59.4 Å². The minimum Gasteiger partial charge on any atom is -0.276 e. The number of halogens is 2. The number of nitrogens with zero attached hydrogens (tertiary/aromatic N) is 4. The number of aromatic nitrogens is 5. The minimum absolute atomic E-state index is 0.396. The van der Waals surface area contributed by atoms with E-state index in [0.29, 0.717) is 17.1 Å². The van der Waals surface area contributed by atoms with Crippen LogP contribution in [0, 0.1) is 11.6 Å². The van der Waals surface area contributed by atoms with Gasteiger partial charge >= 0.3 is 0 Å². The monoisotopic (exact) mass is 247 g/mol. The maximum atomic E-state index is 13.1. The molecular weight excluding hydrogens is 240 g/mol. The second-order valence-electron chi connectivity index (χ2n) is 3.62. The van der Waals surface area contributed by atoms with Crippen molar-refractivity contribution in [2.75, 3.05) is 0 Å². The van der Waals surface area contributed by atoms with E-state index in [1.54, 1.807) is 18.5 Å². The van der Waals surface area contributed by atoms with Crippen molar-refractivity contribution in [2.45, 2.75) is 0 Å². The summed E-state index contributed by atoms with van der Waals surface area (Å²) in [7, 11) is 0. The van der Waals surface area contributed by atoms with E-state index in [1.165, 1.54) is 10.7 Å². The average molecular weight is 247 g/mol. The molecule has 0 saturated heterocycles. The lowest BCUT2D eigenvalue weighted by Gasteiger charge is -1.99. The molecule has 0 amide bonds. The highest BCUT2D eigenvalue weighted by molar-refractivity contribution is 5.52. The fourth-order valence-electron chi connectivity index (χ4n) is 1.54. The van der Waals surface area contributed by atoms with Crippen LogP contribution in [0.1, 0.15) is 0 Å². The molecule has 0 spiro atoms. The van der Waals surface area contributed by atoms with Crippen molar-refractivity contribution in [3.05, 3.63) is 48.3 Å². The number of benzene rings is 1. The Hall–Kier alpha value is -2.57. The quantitative estimate of drug-likeness (QED) is 0.752. The van der Waals surface area contributed by atoms with Crippen molar-refractivity contribution >= 4 is 0 Å². The summed E-state index contributed by atoms with van der Waals surface area (Å²) in [5, 5.41) is 14.3. The summed E-state index contributed by atoms with van der Waals surface area (Å²) in [5.74, 6) is -1.82. The molecule has 18 heavy (non-hydrogen) atoms. The molecular formula is C11H7F2N5. The van der Waals surface area contributed by atoms with Crippen molar-refractivity contribution < 1.29 is 8.78 Å². The molecule has 5 nitrogen and oxygen atoms in total. The van der Waals surface area contributed by atoms with Gasteiger partial charge in [0.25, 0.3) is 0 Å². The smallest absolute Gasteiger partial charge is 0.160 e. The maximum absolute atomic E-state index is 13.1. The molecule has 3 aromatic rings. The summed E-state index contributed by atoms with van der Waals surface area (Å²) in [6, 6.07) is 5.26. The Morgan fingerprint density at radius 3 is 2.72 bits per heavy atom. The SMILES string of the molecule is Fc1ccc(-n2cc(-c3ccn[nH]3)nn2)cc1F. The Balaban J connectivity index is 2.00. The van der Waals surface area contributed by atoms with Crippen molar-refractivity contribution in [1.29, 1.82) is 0 Å². The van der Waals surface area contributed by atoms with Gasteiger partial charge in [-0.1, -0.05) is 5.21 Å². The highest BCUT2D eigenvalue weighted by Crippen LogP contribution is 2.16. The van der Waals surface area contributed by atoms with Crippen LogP contribution in [0.25, 0.3) is 17.1 Å². The molecule has 2 aromatic heterocycles. The number of nitrogens with one attached hydrogen (secondary N) is 1. The van der Waals surface area contributed by atoms with Crippen LogP contribution in [0.3, 0.4) is 0 Å². The predicted octanol–water partition coefficient (Wildman–Crippen LogP) is 1.94. The molecule has 1 aromatic carbocycles. The minimum atomic E-state index is -0.925. The molecule has 0 aliphatic carbocycles. The summed E-state index contributed by atoms with van der Waals surface area (Å²) in [5.41, 5.74) is 1.66. The van der Waals surface area contributed by atoms with Gasteiger partial charge < -0.3 is 0 Å². The molecule has 0 unspecified atom stereocenters. The van der Waals surface area contributed by atoms with Crippen molar-refractivity contribution in [2.24, 2.45) is 0 Å². The highest BCUT2D eigenvalue weighted by atomic mass is 19.2. The number of hydrogen-bond acceptors (Lipinski definition) is 3. The first-order valence-electron chi connectivity index (χ1n) is 5.11. The van der Waals surface area contributed by atoms with E-state index < -0.39 is 11.6 Å². The van der Waals surface area contributed by atoms with Crippen LogP contribution in [0.2, 0.25) is 0 Å². The van der Waals surface area contributed by atoms with Crippen molar-refractivity contribution in [1.82, 2.24) is 25.2 Å². The second kappa shape index (κ2) is 4.02. The Bertz CT molecular complexity index is 675. The van der Waals surface area contributed by atoms with Crippen molar-refractivity contribution in [3.63, 3.8) is 0 Å². The zero-order chi connectivity index (χ0) is 12.5. The van der Waals surface area contributed by atoms with Gasteiger partial charge in [0.2, 0.25) is 0 Å². The average Bonchev–Trinajstić information content (AvgIpc) is 3.01. The zero-order valence-corrected chi connectivity index (χ0v) is 9.01. The molecule has 90 valence electrons. The van der Waals surface area contributed by atoms with E-state index in [1.807, 2.05) is 0 Å². The number of H-pyrrole nitrogens is 1. The second-order valence-corrected chi connectivity index (χ2v) is 3.62. The Labute approximate surface area is 100 Å². The number of rotatable bonds is 2. The summed E-state index contributed by atoms with van der Waals surface area (Å²) in [6.45, 7) is 0. The van der Waals surface area contributed by atoms with Crippen LogP contribution in [-0.2, 0) is 0 Å². The Morgan fingerprint density at radius 1 is 1.11 bits per heavy atom. The summed E-state index contributed by atoms with van der Waals surface area (Å²) < 4.78 is 27.3. The molecule has 3 rings (SSSR count). The van der Waals surface area contributed by atoms with Gasteiger partial charge in [-0.3, -0.25) is 5.10 Å². The number of hydrogen-bond donors (Lipinski definition) is 1. The summed E-state index contributed by atoms with van der Waals surface area (Å²) in [6.07, 6.45) is 3.19. The third-order valence-corrected chi connectivity index (χ3v) is 2.44. The molecule has 0 aliphatic rings. The zero-order valence-electron chi connectivity index (χ0n) is 9.01.